The summed E-state index contributed by atoms with van der Waals surface area (Å²) in [7, 11) is 0. The number of amides is 3. The largest absolute Gasteiger partial charge is 0.494 e. The number of hydrogen-bond donors (Lipinski definition) is 3. The number of carbonyl (C=O) groups is 2. The first-order valence-electron chi connectivity index (χ1n) is 12.5. The van der Waals surface area contributed by atoms with Gasteiger partial charge in [0.1, 0.15) is 5.75 Å². The van der Waals surface area contributed by atoms with Gasteiger partial charge in [-0.05, 0) is 81.1 Å². The van der Waals surface area contributed by atoms with Gasteiger partial charge in [0.15, 0.2) is 0 Å². The van der Waals surface area contributed by atoms with E-state index >= 15 is 0 Å². The van der Waals surface area contributed by atoms with Crippen LogP contribution in [0.4, 0.5) is 21.9 Å². The van der Waals surface area contributed by atoms with Crippen LogP contribution in [0.1, 0.15) is 46.8 Å². The fourth-order valence-electron chi connectivity index (χ4n) is 4.44. The number of ether oxygens (including phenoxy) is 1. The molecule has 3 amide bonds. The molecule has 7 heteroatoms. The van der Waals surface area contributed by atoms with E-state index in [0.29, 0.717) is 24.4 Å². The highest BCUT2D eigenvalue weighted by atomic mass is 16.5. The summed E-state index contributed by atoms with van der Waals surface area (Å²) in [5, 5.41) is 8.88. The lowest BCUT2D eigenvalue weighted by Crippen LogP contribution is -2.26. The van der Waals surface area contributed by atoms with Gasteiger partial charge in [0.2, 0.25) is 0 Å². The molecule has 1 fully saturated rings. The molecule has 3 aromatic rings. The molecule has 1 aliphatic heterocycles. The van der Waals surface area contributed by atoms with Gasteiger partial charge in [-0.25, -0.2) is 4.79 Å². The Balaban J connectivity index is 1.49. The number of benzene rings is 3. The second-order valence-corrected chi connectivity index (χ2v) is 9.09. The zero-order chi connectivity index (χ0) is 25.5. The highest BCUT2D eigenvalue weighted by Crippen LogP contribution is 2.30. The maximum atomic E-state index is 13.0. The molecule has 188 valence electrons. The molecule has 3 aromatic carbocycles. The van der Waals surface area contributed by atoms with Gasteiger partial charge in [0.05, 0.1) is 18.0 Å². The molecule has 36 heavy (non-hydrogen) atoms. The van der Waals surface area contributed by atoms with Crippen LogP contribution in [0.3, 0.4) is 0 Å². The number of hydrogen-bond acceptors (Lipinski definition) is 4. The van der Waals surface area contributed by atoms with Crippen LogP contribution in [0.5, 0.6) is 5.75 Å². The van der Waals surface area contributed by atoms with Gasteiger partial charge >= 0.3 is 6.03 Å². The number of nitrogens with zero attached hydrogens (tertiary/aromatic N) is 1. The van der Waals surface area contributed by atoms with Crippen molar-refractivity contribution in [2.45, 2.75) is 40.2 Å². The van der Waals surface area contributed by atoms with Crippen LogP contribution in [0.2, 0.25) is 0 Å². The number of carbonyl (C=O) groups excluding carboxylic acids is 2. The minimum absolute atomic E-state index is 0.206. The van der Waals surface area contributed by atoms with Crippen molar-refractivity contribution in [1.29, 1.82) is 0 Å². The summed E-state index contributed by atoms with van der Waals surface area (Å²) < 4.78 is 5.54. The molecule has 0 bridgehead atoms. The summed E-state index contributed by atoms with van der Waals surface area (Å²) >= 11 is 0. The van der Waals surface area contributed by atoms with Gasteiger partial charge < -0.3 is 25.6 Å². The summed E-state index contributed by atoms with van der Waals surface area (Å²) in [5.41, 5.74) is 5.86. The zero-order valence-electron chi connectivity index (χ0n) is 21.2. The summed E-state index contributed by atoms with van der Waals surface area (Å²) in [4.78, 5) is 28.1. The fourth-order valence-corrected chi connectivity index (χ4v) is 4.44. The highest BCUT2D eigenvalue weighted by Gasteiger charge is 2.19. The number of aryl methyl sites for hydroxylation is 2. The Morgan fingerprint density at radius 2 is 1.69 bits per heavy atom. The molecule has 1 heterocycles. The number of rotatable bonds is 8. The van der Waals surface area contributed by atoms with Crippen molar-refractivity contribution >= 4 is 29.0 Å². The van der Waals surface area contributed by atoms with Crippen LogP contribution < -0.4 is 25.6 Å². The van der Waals surface area contributed by atoms with Crippen LogP contribution in [-0.4, -0.2) is 31.6 Å². The zero-order valence-corrected chi connectivity index (χ0v) is 21.2. The summed E-state index contributed by atoms with van der Waals surface area (Å²) in [6.45, 7) is 8.74. The van der Waals surface area contributed by atoms with Crippen molar-refractivity contribution in [3.63, 3.8) is 0 Å². The summed E-state index contributed by atoms with van der Waals surface area (Å²) in [6, 6.07) is 18.7. The first kappa shape index (κ1) is 25.1. The Bertz CT molecular complexity index is 1230. The van der Waals surface area contributed by atoms with Gasteiger partial charge in [0.25, 0.3) is 5.91 Å². The van der Waals surface area contributed by atoms with E-state index in [1.54, 1.807) is 6.07 Å². The first-order valence-corrected chi connectivity index (χ1v) is 12.5. The second kappa shape index (κ2) is 11.6. The van der Waals surface area contributed by atoms with E-state index in [1.165, 1.54) is 0 Å². The molecule has 1 aliphatic rings. The van der Waals surface area contributed by atoms with Gasteiger partial charge in [-0.2, -0.15) is 0 Å². The van der Waals surface area contributed by atoms with Crippen molar-refractivity contribution < 1.29 is 14.3 Å². The Hall–Kier alpha value is -4.00. The lowest BCUT2D eigenvalue weighted by atomic mass is 10.1. The van der Waals surface area contributed by atoms with Gasteiger partial charge in [0, 0.05) is 30.9 Å². The molecule has 0 spiro atoms. The quantitative estimate of drug-likeness (QED) is 0.372. The molecule has 4 rings (SSSR count). The normalized spacial score (nSPS) is 12.8. The maximum absolute atomic E-state index is 13.0. The number of nitrogens with one attached hydrogen (secondary N) is 3. The smallest absolute Gasteiger partial charge is 0.323 e. The van der Waals surface area contributed by atoms with E-state index in [4.69, 9.17) is 4.74 Å². The van der Waals surface area contributed by atoms with Crippen LogP contribution in [0.25, 0.3) is 0 Å². The van der Waals surface area contributed by atoms with Crippen LogP contribution in [-0.2, 0) is 6.54 Å². The lowest BCUT2D eigenvalue weighted by Gasteiger charge is -2.22. The Morgan fingerprint density at radius 1 is 0.917 bits per heavy atom. The topological polar surface area (TPSA) is 82.7 Å². The van der Waals surface area contributed by atoms with E-state index < -0.39 is 0 Å². The minimum Gasteiger partial charge on any atom is -0.494 e. The molecule has 0 radical (unpaired) electrons. The minimum atomic E-state index is -0.340. The molecule has 3 N–H and O–H groups in total. The second-order valence-electron chi connectivity index (χ2n) is 9.09. The van der Waals surface area contributed by atoms with Crippen molar-refractivity contribution in [2.75, 3.05) is 35.2 Å². The Kier molecular flexibility index (Phi) is 8.10. The molecular formula is C29H34N4O3. The van der Waals surface area contributed by atoms with Crippen molar-refractivity contribution in [2.24, 2.45) is 0 Å². The predicted octanol–water partition coefficient (Wildman–Crippen LogP) is 5.88. The van der Waals surface area contributed by atoms with E-state index in [2.05, 4.69) is 20.9 Å². The van der Waals surface area contributed by atoms with Gasteiger partial charge in [-0.15, -0.1) is 0 Å². The molecule has 7 nitrogen and oxygen atoms in total. The fraction of sp³-hybridized carbons (Fsp3) is 0.310. The SMILES string of the molecule is CCOc1cccc(CNC(=O)c2ccc(N3CCCC3)c(NC(=O)Nc3ccc(C)cc3C)c2)c1. The van der Waals surface area contributed by atoms with Gasteiger partial charge in [-0.3, -0.25) is 4.79 Å². The number of anilines is 3. The lowest BCUT2D eigenvalue weighted by molar-refractivity contribution is 0.0951. The summed E-state index contributed by atoms with van der Waals surface area (Å²) in [5.74, 6) is 0.572. The molecule has 0 atom stereocenters. The van der Waals surface area contributed by atoms with E-state index in [0.717, 1.165) is 59.7 Å². The maximum Gasteiger partial charge on any atom is 0.323 e. The van der Waals surface area contributed by atoms with Crippen molar-refractivity contribution in [1.82, 2.24) is 5.32 Å². The Labute approximate surface area is 212 Å². The van der Waals surface area contributed by atoms with E-state index in [1.807, 2.05) is 75.4 Å². The molecular weight excluding hydrogens is 452 g/mol. The third-order valence-electron chi connectivity index (χ3n) is 6.25. The van der Waals surface area contributed by atoms with Crippen LogP contribution in [0.15, 0.2) is 60.7 Å². The van der Waals surface area contributed by atoms with Crippen LogP contribution >= 0.6 is 0 Å². The molecule has 1 saturated heterocycles. The van der Waals surface area contributed by atoms with Crippen molar-refractivity contribution in [3.05, 3.63) is 82.9 Å². The Morgan fingerprint density at radius 3 is 2.44 bits per heavy atom. The van der Waals surface area contributed by atoms with E-state index in [-0.39, 0.29) is 11.9 Å². The summed E-state index contributed by atoms with van der Waals surface area (Å²) in [6.07, 6.45) is 2.22. The van der Waals surface area contributed by atoms with E-state index in [9.17, 15) is 9.59 Å². The molecule has 0 saturated carbocycles. The molecule has 0 aromatic heterocycles. The molecule has 0 unspecified atom stereocenters. The van der Waals surface area contributed by atoms with Crippen molar-refractivity contribution in [3.8, 4) is 5.75 Å². The number of urea groups is 1. The predicted molar refractivity (Wildman–Crippen MR) is 145 cm³/mol. The monoisotopic (exact) mass is 486 g/mol. The third kappa shape index (κ3) is 6.36. The highest BCUT2D eigenvalue weighted by molar-refractivity contribution is 6.04. The third-order valence-corrected chi connectivity index (χ3v) is 6.25. The average Bonchev–Trinajstić information content (AvgIpc) is 3.39. The van der Waals surface area contributed by atoms with Gasteiger partial charge in [-0.1, -0.05) is 29.8 Å². The van der Waals surface area contributed by atoms with Crippen LogP contribution in [0, 0.1) is 13.8 Å². The average molecular weight is 487 g/mol. The molecule has 0 aliphatic carbocycles. The first-order chi connectivity index (χ1) is 17.4. The standard InChI is InChI=1S/C29H34N4O3/c1-4-36-24-9-7-8-22(17-24)19-30-28(34)23-11-13-27(33-14-5-6-15-33)26(18-23)32-29(35)31-25-12-10-20(2)16-21(25)3/h7-13,16-18H,4-6,14-15,19H2,1-3H3,(H,30,34)(H2,31,32,35).